The molecule has 0 bridgehead atoms. The Morgan fingerprint density at radius 3 is 2.28 bits per heavy atom. The standard InChI is InChI=1S/C29H18N2O/c1-2-8-22-21(7-1)17-24-23-9-3-4-10-26(23)32-29(24)28(22)20-14-12-19(13-15-20)25-18-31-16-6-5-11-27(31)30-25/h1-18H. The van der Waals surface area contributed by atoms with Gasteiger partial charge in [0, 0.05) is 34.3 Å². The fraction of sp³-hybridized carbons (Fsp3) is 0. The third-order valence-electron chi connectivity index (χ3n) is 6.22. The molecule has 32 heavy (non-hydrogen) atoms. The van der Waals surface area contributed by atoms with Gasteiger partial charge in [-0.2, -0.15) is 0 Å². The van der Waals surface area contributed by atoms with E-state index in [0.29, 0.717) is 0 Å². The minimum absolute atomic E-state index is 0.917. The van der Waals surface area contributed by atoms with Gasteiger partial charge < -0.3 is 8.82 Å². The SMILES string of the molecule is c1ccc2c(-c3ccc(-c4cn5ccccc5n4)cc3)c3oc4ccccc4c3cc2c1. The molecule has 0 unspecified atom stereocenters. The molecular weight excluding hydrogens is 392 g/mol. The molecule has 7 aromatic rings. The van der Waals surface area contributed by atoms with Crippen LogP contribution in [0.5, 0.6) is 0 Å². The van der Waals surface area contributed by atoms with Crippen molar-refractivity contribution in [3.05, 3.63) is 109 Å². The molecule has 3 heterocycles. The van der Waals surface area contributed by atoms with E-state index in [1.165, 1.54) is 10.8 Å². The van der Waals surface area contributed by atoms with Crippen LogP contribution in [0.4, 0.5) is 0 Å². The monoisotopic (exact) mass is 410 g/mol. The van der Waals surface area contributed by atoms with Gasteiger partial charge >= 0.3 is 0 Å². The van der Waals surface area contributed by atoms with Crippen LogP contribution in [0, 0.1) is 0 Å². The maximum Gasteiger partial charge on any atom is 0.143 e. The van der Waals surface area contributed by atoms with Gasteiger partial charge in [0.15, 0.2) is 0 Å². The highest BCUT2D eigenvalue weighted by Crippen LogP contribution is 2.41. The number of nitrogens with zero attached hydrogens (tertiary/aromatic N) is 2. The Balaban J connectivity index is 1.46. The largest absolute Gasteiger partial charge is 0.455 e. The summed E-state index contributed by atoms with van der Waals surface area (Å²) in [6, 6.07) is 33.7. The van der Waals surface area contributed by atoms with Gasteiger partial charge in [0.2, 0.25) is 0 Å². The number of imidazole rings is 1. The molecule has 0 amide bonds. The van der Waals surface area contributed by atoms with Gasteiger partial charge in [-0.3, -0.25) is 0 Å². The molecule has 0 spiro atoms. The van der Waals surface area contributed by atoms with Gasteiger partial charge in [-0.15, -0.1) is 0 Å². The second-order valence-electron chi connectivity index (χ2n) is 8.12. The van der Waals surface area contributed by atoms with Crippen LogP contribution < -0.4 is 0 Å². The van der Waals surface area contributed by atoms with Crippen molar-refractivity contribution < 1.29 is 4.42 Å². The molecule has 0 atom stereocenters. The summed E-state index contributed by atoms with van der Waals surface area (Å²) in [4.78, 5) is 4.76. The van der Waals surface area contributed by atoms with Crippen molar-refractivity contribution in [2.75, 3.05) is 0 Å². The maximum absolute atomic E-state index is 6.39. The van der Waals surface area contributed by atoms with E-state index in [1.54, 1.807) is 0 Å². The fourth-order valence-corrected chi connectivity index (χ4v) is 4.69. The Morgan fingerprint density at radius 2 is 1.41 bits per heavy atom. The van der Waals surface area contributed by atoms with E-state index in [0.717, 1.165) is 50.0 Å². The van der Waals surface area contributed by atoms with E-state index in [1.807, 2.05) is 40.9 Å². The lowest BCUT2D eigenvalue weighted by molar-refractivity contribution is 0.670. The van der Waals surface area contributed by atoms with Crippen LogP contribution in [0.15, 0.2) is 114 Å². The second-order valence-corrected chi connectivity index (χ2v) is 8.12. The van der Waals surface area contributed by atoms with E-state index in [9.17, 15) is 0 Å². The highest BCUT2D eigenvalue weighted by Gasteiger charge is 2.16. The summed E-state index contributed by atoms with van der Waals surface area (Å²) in [5.74, 6) is 0. The molecule has 3 heteroatoms. The smallest absolute Gasteiger partial charge is 0.143 e. The number of hydrogen-bond acceptors (Lipinski definition) is 2. The van der Waals surface area contributed by atoms with Gasteiger partial charge in [-0.05, 0) is 40.6 Å². The van der Waals surface area contributed by atoms with Crippen molar-refractivity contribution in [2.45, 2.75) is 0 Å². The molecule has 3 nitrogen and oxygen atoms in total. The fourth-order valence-electron chi connectivity index (χ4n) is 4.69. The van der Waals surface area contributed by atoms with Crippen molar-refractivity contribution in [3.8, 4) is 22.4 Å². The first kappa shape index (κ1) is 17.3. The van der Waals surface area contributed by atoms with E-state index in [2.05, 4.69) is 72.9 Å². The summed E-state index contributed by atoms with van der Waals surface area (Å²) in [5.41, 5.74) is 7.14. The molecule has 0 aliphatic carbocycles. The average Bonchev–Trinajstić information content (AvgIpc) is 3.44. The first-order chi connectivity index (χ1) is 15.8. The number of furan rings is 1. The molecular formula is C29H18N2O. The minimum atomic E-state index is 0.917. The number of fused-ring (bicyclic) bond motifs is 5. The van der Waals surface area contributed by atoms with Crippen molar-refractivity contribution in [2.24, 2.45) is 0 Å². The summed E-state index contributed by atoms with van der Waals surface area (Å²) in [6.07, 6.45) is 4.09. The second kappa shape index (κ2) is 6.56. The third-order valence-corrected chi connectivity index (χ3v) is 6.22. The Kier molecular flexibility index (Phi) is 3.55. The molecule has 0 saturated carbocycles. The van der Waals surface area contributed by atoms with Gasteiger partial charge in [-0.25, -0.2) is 4.98 Å². The predicted octanol–water partition coefficient (Wildman–Crippen LogP) is 7.72. The topological polar surface area (TPSA) is 30.4 Å². The Morgan fingerprint density at radius 1 is 0.656 bits per heavy atom. The predicted molar refractivity (Wildman–Crippen MR) is 131 cm³/mol. The normalized spacial score (nSPS) is 11.8. The van der Waals surface area contributed by atoms with Crippen molar-refractivity contribution in [1.29, 1.82) is 0 Å². The average molecular weight is 410 g/mol. The molecule has 0 saturated heterocycles. The molecule has 7 rings (SSSR count). The zero-order chi connectivity index (χ0) is 21.1. The van der Waals surface area contributed by atoms with Gasteiger partial charge in [0.05, 0.1) is 5.69 Å². The molecule has 3 aromatic heterocycles. The molecule has 0 radical (unpaired) electrons. The van der Waals surface area contributed by atoms with Gasteiger partial charge in [-0.1, -0.05) is 72.8 Å². The van der Waals surface area contributed by atoms with Gasteiger partial charge in [0.1, 0.15) is 16.8 Å². The summed E-state index contributed by atoms with van der Waals surface area (Å²) >= 11 is 0. The highest BCUT2D eigenvalue weighted by molar-refractivity contribution is 6.18. The molecule has 0 N–H and O–H groups in total. The number of hydrogen-bond donors (Lipinski definition) is 0. The lowest BCUT2D eigenvalue weighted by atomic mass is 9.94. The van der Waals surface area contributed by atoms with Crippen LogP contribution in [0.1, 0.15) is 0 Å². The Hall–Kier alpha value is -4.37. The number of benzene rings is 4. The van der Waals surface area contributed by atoms with Crippen LogP contribution in [0.25, 0.3) is 60.7 Å². The summed E-state index contributed by atoms with van der Waals surface area (Å²) in [7, 11) is 0. The van der Waals surface area contributed by atoms with Crippen molar-refractivity contribution >= 4 is 38.4 Å². The lowest BCUT2D eigenvalue weighted by Crippen LogP contribution is -1.84. The summed E-state index contributed by atoms with van der Waals surface area (Å²) < 4.78 is 8.43. The van der Waals surface area contributed by atoms with Crippen LogP contribution in [0.3, 0.4) is 0 Å². The van der Waals surface area contributed by atoms with Crippen LogP contribution in [-0.4, -0.2) is 9.38 Å². The first-order valence-electron chi connectivity index (χ1n) is 10.7. The number of rotatable bonds is 2. The third kappa shape index (κ3) is 2.51. The summed E-state index contributed by atoms with van der Waals surface area (Å²) in [6.45, 7) is 0. The van der Waals surface area contributed by atoms with E-state index in [-0.39, 0.29) is 0 Å². The highest BCUT2D eigenvalue weighted by atomic mass is 16.3. The zero-order valence-electron chi connectivity index (χ0n) is 17.2. The molecule has 0 aliphatic rings. The number of pyridine rings is 1. The molecule has 150 valence electrons. The van der Waals surface area contributed by atoms with Crippen LogP contribution >= 0.6 is 0 Å². The van der Waals surface area contributed by atoms with E-state index in [4.69, 9.17) is 9.40 Å². The molecule has 0 fully saturated rings. The van der Waals surface area contributed by atoms with E-state index >= 15 is 0 Å². The quantitative estimate of drug-likeness (QED) is 0.292. The molecule has 4 aromatic carbocycles. The van der Waals surface area contributed by atoms with Crippen molar-refractivity contribution in [3.63, 3.8) is 0 Å². The zero-order valence-corrected chi connectivity index (χ0v) is 17.2. The Labute approximate surface area is 184 Å². The van der Waals surface area contributed by atoms with Crippen LogP contribution in [0.2, 0.25) is 0 Å². The van der Waals surface area contributed by atoms with Crippen molar-refractivity contribution in [1.82, 2.24) is 9.38 Å². The number of aromatic nitrogens is 2. The number of para-hydroxylation sites is 1. The maximum atomic E-state index is 6.39. The molecule has 0 aliphatic heterocycles. The Bertz CT molecular complexity index is 1740. The lowest BCUT2D eigenvalue weighted by Gasteiger charge is -2.09. The first-order valence-corrected chi connectivity index (χ1v) is 10.7. The van der Waals surface area contributed by atoms with E-state index < -0.39 is 0 Å². The van der Waals surface area contributed by atoms with Gasteiger partial charge in [0.25, 0.3) is 0 Å². The minimum Gasteiger partial charge on any atom is -0.455 e. The summed E-state index contributed by atoms with van der Waals surface area (Å²) in [5, 5.41) is 4.71. The van der Waals surface area contributed by atoms with Crippen LogP contribution in [-0.2, 0) is 0 Å².